The number of hydrogen-bond acceptors (Lipinski definition) is 8. The molecular formula is C19H18F3N7O3S. The van der Waals surface area contributed by atoms with Gasteiger partial charge in [-0.2, -0.15) is 13.2 Å². The number of nitrogen functional groups attached to an aromatic ring is 1. The van der Waals surface area contributed by atoms with Crippen LogP contribution in [0.4, 0.5) is 23.8 Å². The van der Waals surface area contributed by atoms with E-state index in [0.29, 0.717) is 17.7 Å². The minimum atomic E-state index is -4.63. The minimum absolute atomic E-state index is 0.000612. The van der Waals surface area contributed by atoms with Crippen molar-refractivity contribution in [2.75, 3.05) is 19.0 Å². The molecule has 0 aromatic carbocycles. The summed E-state index contributed by atoms with van der Waals surface area (Å²) >= 11 is 0.767. The highest BCUT2D eigenvalue weighted by atomic mass is 32.1. The molecule has 5 N–H and O–H groups in total. The van der Waals surface area contributed by atoms with Gasteiger partial charge < -0.3 is 10.1 Å². The zero-order chi connectivity index (χ0) is 24.2. The molecule has 10 nitrogen and oxygen atoms in total. The topological polar surface area (TPSA) is 144 Å². The van der Waals surface area contributed by atoms with Crippen LogP contribution in [0.5, 0.6) is 5.88 Å². The van der Waals surface area contributed by atoms with Crippen LogP contribution in [0.1, 0.15) is 23.0 Å². The molecule has 174 valence electrons. The van der Waals surface area contributed by atoms with Gasteiger partial charge in [-0.05, 0) is 19.1 Å². The van der Waals surface area contributed by atoms with E-state index in [-0.39, 0.29) is 27.8 Å². The molecule has 0 unspecified atom stereocenters. The lowest BCUT2D eigenvalue weighted by Crippen LogP contribution is -2.30. The first-order valence-corrected chi connectivity index (χ1v) is 10.2. The number of hydrogen-bond donors (Lipinski definition) is 4. The van der Waals surface area contributed by atoms with E-state index in [0.717, 1.165) is 16.7 Å². The van der Waals surface area contributed by atoms with Gasteiger partial charge in [-0.3, -0.25) is 15.5 Å². The Bertz CT molecular complexity index is 1180. The number of thiazole rings is 1. The normalized spacial score (nSPS) is 11.1. The third-order valence-corrected chi connectivity index (χ3v) is 5.11. The SMILES string of the molecule is CCNC(=O)Nc1cc(-c2nc(C(F)(F)F)cs2)c(-c2cnc(OC)c(C(=O)NN)c2)cn1. The number of methoxy groups -OCH3 is 1. The highest BCUT2D eigenvalue weighted by Gasteiger charge is 2.34. The van der Waals surface area contributed by atoms with Crippen LogP contribution in [0.3, 0.4) is 0 Å². The lowest BCUT2D eigenvalue weighted by Gasteiger charge is -2.13. The number of nitrogens with two attached hydrogens (primary N) is 1. The average Bonchev–Trinajstić information content (AvgIpc) is 3.29. The number of anilines is 1. The van der Waals surface area contributed by atoms with E-state index in [2.05, 4.69) is 25.6 Å². The maximum Gasteiger partial charge on any atom is 0.434 e. The summed E-state index contributed by atoms with van der Waals surface area (Å²) in [6, 6.07) is 2.26. The van der Waals surface area contributed by atoms with Gasteiger partial charge in [0.25, 0.3) is 5.91 Å². The van der Waals surface area contributed by atoms with E-state index < -0.39 is 23.8 Å². The molecule has 0 saturated heterocycles. The number of hydrazine groups is 1. The van der Waals surface area contributed by atoms with E-state index in [1.807, 2.05) is 5.43 Å². The van der Waals surface area contributed by atoms with Crippen LogP contribution in [0.15, 0.2) is 29.9 Å². The highest BCUT2D eigenvalue weighted by Crippen LogP contribution is 2.38. The Morgan fingerprint density at radius 1 is 1.18 bits per heavy atom. The monoisotopic (exact) mass is 481 g/mol. The number of nitrogens with zero attached hydrogens (tertiary/aromatic N) is 3. The van der Waals surface area contributed by atoms with Crippen molar-refractivity contribution in [2.24, 2.45) is 5.84 Å². The van der Waals surface area contributed by atoms with Crippen molar-refractivity contribution in [1.82, 2.24) is 25.7 Å². The van der Waals surface area contributed by atoms with Gasteiger partial charge in [0.15, 0.2) is 5.69 Å². The van der Waals surface area contributed by atoms with Gasteiger partial charge in [-0.1, -0.05) is 0 Å². The van der Waals surface area contributed by atoms with Gasteiger partial charge in [0.2, 0.25) is 5.88 Å². The predicted octanol–water partition coefficient (Wildman–Crippen LogP) is 3.04. The lowest BCUT2D eigenvalue weighted by molar-refractivity contribution is -0.140. The molecular weight excluding hydrogens is 463 g/mol. The molecule has 3 amide bonds. The number of rotatable bonds is 6. The van der Waals surface area contributed by atoms with Gasteiger partial charge in [0.05, 0.1) is 7.11 Å². The largest absolute Gasteiger partial charge is 0.480 e. The van der Waals surface area contributed by atoms with Crippen LogP contribution in [0.25, 0.3) is 21.7 Å². The molecule has 3 heterocycles. The number of alkyl halides is 3. The Morgan fingerprint density at radius 2 is 1.94 bits per heavy atom. The first-order valence-electron chi connectivity index (χ1n) is 9.31. The molecule has 0 saturated carbocycles. The Hall–Kier alpha value is -3.78. The smallest absolute Gasteiger partial charge is 0.434 e. The van der Waals surface area contributed by atoms with Crippen LogP contribution in [-0.2, 0) is 6.18 Å². The number of urea groups is 1. The minimum Gasteiger partial charge on any atom is -0.480 e. The van der Waals surface area contributed by atoms with E-state index in [1.54, 1.807) is 6.92 Å². The summed E-state index contributed by atoms with van der Waals surface area (Å²) in [7, 11) is 1.32. The molecule has 3 aromatic rings. The molecule has 33 heavy (non-hydrogen) atoms. The number of nitrogens with one attached hydrogen (secondary N) is 3. The van der Waals surface area contributed by atoms with Crippen molar-refractivity contribution < 1.29 is 27.5 Å². The van der Waals surface area contributed by atoms with E-state index in [9.17, 15) is 22.8 Å². The fraction of sp³-hybridized carbons (Fsp3) is 0.211. The van der Waals surface area contributed by atoms with Crippen LogP contribution >= 0.6 is 11.3 Å². The summed E-state index contributed by atoms with van der Waals surface area (Å²) in [5.74, 6) is 4.62. The molecule has 3 aromatic heterocycles. The molecule has 0 fully saturated rings. The Morgan fingerprint density at radius 3 is 2.55 bits per heavy atom. The second-order valence-electron chi connectivity index (χ2n) is 6.39. The molecule has 0 atom stereocenters. The maximum atomic E-state index is 13.1. The third-order valence-electron chi connectivity index (χ3n) is 4.24. The van der Waals surface area contributed by atoms with Crippen molar-refractivity contribution in [1.29, 1.82) is 0 Å². The number of pyridine rings is 2. The molecule has 0 aliphatic rings. The van der Waals surface area contributed by atoms with Crippen molar-refractivity contribution in [3.63, 3.8) is 0 Å². The van der Waals surface area contributed by atoms with Crippen LogP contribution in [0, 0.1) is 0 Å². The molecule has 0 aliphatic carbocycles. The van der Waals surface area contributed by atoms with E-state index in [1.165, 1.54) is 31.6 Å². The maximum absolute atomic E-state index is 13.1. The molecule has 0 bridgehead atoms. The Balaban J connectivity index is 2.16. The molecule has 14 heteroatoms. The number of aromatic nitrogens is 3. The predicted molar refractivity (Wildman–Crippen MR) is 114 cm³/mol. The van der Waals surface area contributed by atoms with Gasteiger partial charge in [-0.25, -0.2) is 25.6 Å². The second kappa shape index (κ2) is 9.79. The van der Waals surface area contributed by atoms with E-state index >= 15 is 0 Å². The van der Waals surface area contributed by atoms with Crippen LogP contribution < -0.4 is 26.6 Å². The van der Waals surface area contributed by atoms with Gasteiger partial charge in [0, 0.05) is 41.0 Å². The van der Waals surface area contributed by atoms with Crippen molar-refractivity contribution >= 4 is 29.1 Å². The molecule has 0 radical (unpaired) electrons. The summed E-state index contributed by atoms with van der Waals surface area (Å²) in [6.45, 7) is 2.09. The standard InChI is InChI=1S/C19H18F3N7O3S/c1-3-24-18(31)28-14-5-10(17-27-13(8-33-17)19(20,21)22)12(7-25-14)9-4-11(15(30)29-23)16(32-2)26-6-9/h4-8H,3,23H2,1-2H3,(H,29,30)(H2,24,25,28,31). The summed E-state index contributed by atoms with van der Waals surface area (Å²) in [6.07, 6.45) is -1.93. The Kier molecular flexibility index (Phi) is 7.08. The number of amides is 3. The zero-order valence-electron chi connectivity index (χ0n) is 17.3. The van der Waals surface area contributed by atoms with Crippen molar-refractivity contribution in [2.45, 2.75) is 13.1 Å². The quantitative estimate of drug-likeness (QED) is 0.241. The zero-order valence-corrected chi connectivity index (χ0v) is 18.1. The number of carbonyl (C=O) groups excluding carboxylic acids is 2. The summed E-state index contributed by atoms with van der Waals surface area (Å²) in [4.78, 5) is 35.9. The van der Waals surface area contributed by atoms with Crippen LogP contribution in [-0.4, -0.2) is 40.5 Å². The lowest BCUT2D eigenvalue weighted by atomic mass is 10.0. The highest BCUT2D eigenvalue weighted by molar-refractivity contribution is 7.13. The first kappa shape index (κ1) is 23.9. The molecule has 0 aliphatic heterocycles. The van der Waals surface area contributed by atoms with Gasteiger partial charge in [-0.15, -0.1) is 11.3 Å². The fourth-order valence-corrected chi connectivity index (χ4v) is 3.64. The van der Waals surface area contributed by atoms with Gasteiger partial charge >= 0.3 is 12.2 Å². The summed E-state index contributed by atoms with van der Waals surface area (Å²) in [5, 5.41) is 5.95. The number of halogens is 3. The van der Waals surface area contributed by atoms with E-state index in [4.69, 9.17) is 10.6 Å². The molecule has 0 spiro atoms. The fourth-order valence-electron chi connectivity index (χ4n) is 2.78. The summed E-state index contributed by atoms with van der Waals surface area (Å²) < 4.78 is 44.4. The third kappa shape index (κ3) is 5.35. The summed E-state index contributed by atoms with van der Waals surface area (Å²) in [5.41, 5.74) is 1.82. The Labute approximate surface area is 189 Å². The second-order valence-corrected chi connectivity index (χ2v) is 7.25. The average molecular weight is 481 g/mol. The number of carbonyl (C=O) groups is 2. The first-order chi connectivity index (χ1) is 15.7. The van der Waals surface area contributed by atoms with Crippen LogP contribution in [0.2, 0.25) is 0 Å². The van der Waals surface area contributed by atoms with Crippen molar-refractivity contribution in [3.05, 3.63) is 41.2 Å². The van der Waals surface area contributed by atoms with Crippen molar-refractivity contribution in [3.8, 4) is 27.6 Å². The molecule has 3 rings (SSSR count). The number of ether oxygens (including phenoxy) is 1. The van der Waals surface area contributed by atoms with Gasteiger partial charge in [0.1, 0.15) is 16.4 Å².